The van der Waals surface area contributed by atoms with Gasteiger partial charge in [0.15, 0.2) is 0 Å². The van der Waals surface area contributed by atoms with Crippen molar-refractivity contribution in [3.63, 3.8) is 0 Å². The van der Waals surface area contributed by atoms with Gasteiger partial charge in [-0.15, -0.1) is 0 Å². The number of halogens is 3. The van der Waals surface area contributed by atoms with E-state index in [1.165, 1.54) is 0 Å². The van der Waals surface area contributed by atoms with Crippen molar-refractivity contribution in [2.75, 3.05) is 13.7 Å². The van der Waals surface area contributed by atoms with E-state index in [0.717, 1.165) is 12.3 Å². The summed E-state index contributed by atoms with van der Waals surface area (Å²) in [6, 6.07) is 0.987. The third kappa shape index (κ3) is 3.20. The van der Waals surface area contributed by atoms with Crippen molar-refractivity contribution in [2.45, 2.75) is 12.6 Å². The molecule has 1 heterocycles. The van der Waals surface area contributed by atoms with Crippen LogP contribution in [0, 0.1) is 0 Å². The Morgan fingerprint density at radius 1 is 1.53 bits per heavy atom. The Kier molecular flexibility index (Phi) is 4.11. The van der Waals surface area contributed by atoms with E-state index < -0.39 is 11.7 Å². The first kappa shape index (κ1) is 13.5. The van der Waals surface area contributed by atoms with Gasteiger partial charge in [-0.2, -0.15) is 13.2 Å². The van der Waals surface area contributed by atoms with Crippen molar-refractivity contribution in [2.24, 2.45) is 0 Å². The van der Waals surface area contributed by atoms with Crippen LogP contribution in [0.25, 0.3) is 5.70 Å². The Labute approximate surface area is 97.0 Å². The number of rotatable bonds is 4. The maximum Gasteiger partial charge on any atom is 0.417 e. The maximum atomic E-state index is 12.5. The molecule has 0 spiro atoms. The number of aliphatic hydroxyl groups excluding tert-OH is 1. The number of aromatic nitrogens is 1. The third-order valence-corrected chi connectivity index (χ3v) is 2.26. The molecule has 94 valence electrons. The largest absolute Gasteiger partial charge is 0.417 e. The number of aliphatic hydroxyl groups is 1. The first-order chi connectivity index (χ1) is 7.90. The third-order valence-electron chi connectivity index (χ3n) is 2.26. The van der Waals surface area contributed by atoms with Crippen LogP contribution in [-0.4, -0.2) is 23.7 Å². The summed E-state index contributed by atoms with van der Waals surface area (Å²) < 4.78 is 37.4. The highest BCUT2D eigenvalue weighted by Crippen LogP contribution is 2.30. The van der Waals surface area contributed by atoms with Crippen LogP contribution in [0.3, 0.4) is 0 Å². The average molecular weight is 246 g/mol. The lowest BCUT2D eigenvalue weighted by atomic mass is 10.1. The molecule has 0 aromatic carbocycles. The molecule has 0 unspecified atom stereocenters. The molecule has 0 saturated heterocycles. The second-order valence-corrected chi connectivity index (χ2v) is 3.43. The minimum Gasteiger partial charge on any atom is -0.396 e. The Balaban J connectivity index is 3.21. The molecule has 0 amide bonds. The van der Waals surface area contributed by atoms with E-state index >= 15 is 0 Å². The summed E-state index contributed by atoms with van der Waals surface area (Å²) in [6.45, 7) is 3.40. The first-order valence-electron chi connectivity index (χ1n) is 4.94. The minimum atomic E-state index is -4.43. The molecule has 6 heteroatoms. The Bertz CT molecular complexity index is 416. The van der Waals surface area contributed by atoms with Crippen molar-refractivity contribution in [3.05, 3.63) is 35.7 Å². The van der Waals surface area contributed by atoms with Crippen molar-refractivity contribution < 1.29 is 18.3 Å². The van der Waals surface area contributed by atoms with E-state index in [0.29, 0.717) is 17.0 Å². The van der Waals surface area contributed by atoms with Crippen LogP contribution in [0.15, 0.2) is 18.8 Å². The maximum absolute atomic E-state index is 12.5. The SMILES string of the molecule is C=C(NC)c1ncc(C(F)(F)F)cc1CCO. The van der Waals surface area contributed by atoms with Crippen LogP contribution in [0.2, 0.25) is 0 Å². The zero-order valence-electron chi connectivity index (χ0n) is 9.30. The van der Waals surface area contributed by atoms with Crippen LogP contribution in [0.1, 0.15) is 16.8 Å². The van der Waals surface area contributed by atoms with Gasteiger partial charge in [0.25, 0.3) is 0 Å². The highest BCUT2D eigenvalue weighted by atomic mass is 19.4. The van der Waals surface area contributed by atoms with Crippen LogP contribution >= 0.6 is 0 Å². The fourth-order valence-corrected chi connectivity index (χ4v) is 1.37. The molecule has 17 heavy (non-hydrogen) atoms. The molecular formula is C11H13F3N2O. The molecule has 1 rings (SSSR count). The fraction of sp³-hybridized carbons (Fsp3) is 0.364. The summed E-state index contributed by atoms with van der Waals surface area (Å²) in [6.07, 6.45) is -3.57. The van der Waals surface area contributed by atoms with E-state index in [9.17, 15) is 13.2 Å². The standard InChI is InChI=1S/C11H13F3N2O/c1-7(15-2)10-8(3-4-17)5-9(6-16-10)11(12,13)14/h5-6,15,17H,1,3-4H2,2H3. The highest BCUT2D eigenvalue weighted by molar-refractivity contribution is 5.61. The molecule has 0 atom stereocenters. The van der Waals surface area contributed by atoms with Gasteiger partial charge in [0.05, 0.1) is 17.0 Å². The molecule has 0 radical (unpaired) electrons. The zero-order chi connectivity index (χ0) is 13.1. The lowest BCUT2D eigenvalue weighted by Crippen LogP contribution is -2.12. The topological polar surface area (TPSA) is 45.2 Å². The predicted molar refractivity (Wildman–Crippen MR) is 58.1 cm³/mol. The molecule has 3 nitrogen and oxygen atoms in total. The van der Waals surface area contributed by atoms with Gasteiger partial charge >= 0.3 is 6.18 Å². The van der Waals surface area contributed by atoms with Crippen molar-refractivity contribution in [3.8, 4) is 0 Å². The molecule has 0 aliphatic rings. The van der Waals surface area contributed by atoms with Crippen LogP contribution in [-0.2, 0) is 12.6 Å². The number of nitrogens with zero attached hydrogens (tertiary/aromatic N) is 1. The van der Waals surface area contributed by atoms with Crippen LogP contribution in [0.4, 0.5) is 13.2 Å². The van der Waals surface area contributed by atoms with Crippen molar-refractivity contribution in [1.29, 1.82) is 0 Å². The zero-order valence-corrected chi connectivity index (χ0v) is 9.30. The number of pyridine rings is 1. The molecule has 0 aliphatic carbocycles. The summed E-state index contributed by atoms with van der Waals surface area (Å²) in [5.74, 6) is 0. The van der Waals surface area contributed by atoms with Crippen LogP contribution < -0.4 is 5.32 Å². The Hall–Kier alpha value is -1.56. The molecule has 1 aromatic heterocycles. The predicted octanol–water partition coefficient (Wildman–Crippen LogP) is 1.83. The highest BCUT2D eigenvalue weighted by Gasteiger charge is 2.31. The second kappa shape index (κ2) is 5.18. The lowest BCUT2D eigenvalue weighted by Gasteiger charge is -2.13. The minimum absolute atomic E-state index is 0.104. The van der Waals surface area contributed by atoms with Crippen molar-refractivity contribution >= 4 is 5.70 Å². The van der Waals surface area contributed by atoms with Crippen molar-refractivity contribution in [1.82, 2.24) is 10.3 Å². The van der Waals surface area contributed by atoms with Gasteiger partial charge in [-0.25, -0.2) is 0 Å². The summed E-state index contributed by atoms with van der Waals surface area (Å²) >= 11 is 0. The van der Waals surface area contributed by atoms with Gasteiger partial charge in [0.2, 0.25) is 0 Å². The second-order valence-electron chi connectivity index (χ2n) is 3.43. The molecule has 0 aliphatic heterocycles. The quantitative estimate of drug-likeness (QED) is 0.851. The summed E-state index contributed by atoms with van der Waals surface area (Å²) in [7, 11) is 1.60. The number of hydrogen-bond donors (Lipinski definition) is 2. The van der Waals surface area contributed by atoms with Gasteiger partial charge in [0.1, 0.15) is 0 Å². The van der Waals surface area contributed by atoms with E-state index in [2.05, 4.69) is 16.9 Å². The molecule has 0 saturated carbocycles. The molecule has 1 aromatic rings. The summed E-state index contributed by atoms with van der Waals surface area (Å²) in [5.41, 5.74) is 0.256. The first-order valence-corrected chi connectivity index (χ1v) is 4.94. The fourth-order valence-electron chi connectivity index (χ4n) is 1.37. The summed E-state index contributed by atoms with van der Waals surface area (Å²) in [4.78, 5) is 3.74. The molecule has 0 fully saturated rings. The van der Waals surface area contributed by atoms with E-state index in [-0.39, 0.29) is 13.0 Å². The smallest absolute Gasteiger partial charge is 0.396 e. The van der Waals surface area contributed by atoms with Crippen LogP contribution in [0.5, 0.6) is 0 Å². The summed E-state index contributed by atoms with van der Waals surface area (Å²) in [5, 5.41) is 11.6. The Morgan fingerprint density at radius 3 is 2.65 bits per heavy atom. The normalized spacial score (nSPS) is 11.4. The average Bonchev–Trinajstić information content (AvgIpc) is 2.27. The van der Waals surface area contributed by atoms with Gasteiger partial charge in [0, 0.05) is 19.9 Å². The lowest BCUT2D eigenvalue weighted by molar-refractivity contribution is -0.137. The molecule has 0 bridgehead atoms. The van der Waals surface area contributed by atoms with Gasteiger partial charge in [-0.05, 0) is 18.1 Å². The monoisotopic (exact) mass is 246 g/mol. The van der Waals surface area contributed by atoms with E-state index in [1.807, 2.05) is 0 Å². The molecule has 2 N–H and O–H groups in total. The van der Waals surface area contributed by atoms with E-state index in [4.69, 9.17) is 5.11 Å². The number of alkyl halides is 3. The van der Waals surface area contributed by atoms with E-state index in [1.54, 1.807) is 7.05 Å². The van der Waals surface area contributed by atoms with Gasteiger partial charge < -0.3 is 10.4 Å². The number of nitrogens with one attached hydrogen (secondary N) is 1. The molecular weight excluding hydrogens is 233 g/mol. The van der Waals surface area contributed by atoms with Gasteiger partial charge in [-0.3, -0.25) is 4.98 Å². The Morgan fingerprint density at radius 2 is 2.18 bits per heavy atom. The number of hydrogen-bond acceptors (Lipinski definition) is 3. The van der Waals surface area contributed by atoms with Gasteiger partial charge in [-0.1, -0.05) is 6.58 Å².